The average Bonchev–Trinajstić information content (AvgIpc) is 2.41. The van der Waals surface area contributed by atoms with Gasteiger partial charge < -0.3 is 14.8 Å². The molecule has 1 rings (SSSR count). The summed E-state index contributed by atoms with van der Waals surface area (Å²) in [6, 6.07) is 2.67. The third kappa shape index (κ3) is 5.38. The molecule has 0 fully saturated rings. The minimum absolute atomic E-state index is 0.129. The fraction of sp³-hybridized carbons (Fsp3) is 0.417. The van der Waals surface area contributed by atoms with Crippen LogP contribution >= 0.6 is 0 Å². The van der Waals surface area contributed by atoms with Gasteiger partial charge in [0, 0.05) is 26.3 Å². The third-order valence-corrected chi connectivity index (χ3v) is 3.53. The van der Waals surface area contributed by atoms with Crippen molar-refractivity contribution in [2.24, 2.45) is 5.14 Å². The van der Waals surface area contributed by atoms with Crippen LogP contribution < -0.4 is 10.5 Å². The molecule has 1 atom stereocenters. The molecular weight excluding hydrogens is 303 g/mol. The highest BCUT2D eigenvalue weighted by atomic mass is 32.2. The highest BCUT2D eigenvalue weighted by Gasteiger charge is 2.16. The Hall–Kier alpha value is -1.55. The number of ether oxygens (including phenoxy) is 2. The van der Waals surface area contributed by atoms with Crippen molar-refractivity contribution in [2.45, 2.75) is 11.0 Å². The minimum Gasteiger partial charge on any atom is -0.382 e. The van der Waals surface area contributed by atoms with E-state index in [1.54, 1.807) is 0 Å². The summed E-state index contributed by atoms with van der Waals surface area (Å²) in [6.07, 6.45) is -0.370. The number of primary sulfonamides is 1. The number of nitrogens with two attached hydrogens (primary N) is 1. The Morgan fingerprint density at radius 1 is 1.38 bits per heavy atom. The zero-order chi connectivity index (χ0) is 16.0. The van der Waals surface area contributed by atoms with Crippen LogP contribution in [0, 0.1) is 5.82 Å². The molecule has 3 N–H and O–H groups in total. The first-order valence-electron chi connectivity index (χ1n) is 5.91. The summed E-state index contributed by atoms with van der Waals surface area (Å²) in [6.45, 7) is 0.396. The van der Waals surface area contributed by atoms with Crippen LogP contribution in [0.5, 0.6) is 0 Å². The molecule has 0 aromatic heterocycles. The summed E-state index contributed by atoms with van der Waals surface area (Å²) in [4.78, 5) is 11.4. The lowest BCUT2D eigenvalue weighted by Crippen LogP contribution is -2.35. The van der Waals surface area contributed by atoms with Crippen molar-refractivity contribution in [2.75, 3.05) is 27.4 Å². The molecule has 1 amide bonds. The number of sulfonamides is 1. The number of hydrogen-bond acceptors (Lipinski definition) is 5. The summed E-state index contributed by atoms with van der Waals surface area (Å²) in [5.74, 6) is -1.51. The molecule has 118 valence electrons. The van der Waals surface area contributed by atoms with Crippen LogP contribution in [0.15, 0.2) is 23.1 Å². The number of methoxy groups -OCH3 is 2. The van der Waals surface area contributed by atoms with Crippen LogP contribution in [0.1, 0.15) is 10.4 Å². The van der Waals surface area contributed by atoms with E-state index in [-0.39, 0.29) is 24.8 Å². The smallest absolute Gasteiger partial charge is 0.251 e. The predicted molar refractivity (Wildman–Crippen MR) is 72.8 cm³/mol. The molecule has 1 aromatic carbocycles. The third-order valence-electron chi connectivity index (χ3n) is 2.64. The minimum atomic E-state index is -4.09. The molecule has 7 nitrogen and oxygen atoms in total. The fourth-order valence-electron chi connectivity index (χ4n) is 1.56. The molecule has 0 aliphatic heterocycles. The van der Waals surface area contributed by atoms with Gasteiger partial charge in [-0.2, -0.15) is 0 Å². The molecule has 0 bridgehead atoms. The quantitative estimate of drug-likeness (QED) is 0.727. The Labute approximate surface area is 122 Å². The Kier molecular flexibility index (Phi) is 6.21. The number of hydrogen-bond donors (Lipinski definition) is 2. The summed E-state index contributed by atoms with van der Waals surface area (Å²) in [5, 5.41) is 7.41. The average molecular weight is 320 g/mol. The van der Waals surface area contributed by atoms with Crippen molar-refractivity contribution >= 4 is 15.9 Å². The maximum atomic E-state index is 13.4. The topological polar surface area (TPSA) is 108 Å². The van der Waals surface area contributed by atoms with Gasteiger partial charge in [-0.3, -0.25) is 4.79 Å². The van der Waals surface area contributed by atoms with Crippen LogP contribution in [0.4, 0.5) is 4.39 Å². The number of amides is 1. The zero-order valence-corrected chi connectivity index (χ0v) is 12.4. The maximum absolute atomic E-state index is 13.4. The van der Waals surface area contributed by atoms with Gasteiger partial charge in [0.2, 0.25) is 10.0 Å². The van der Waals surface area contributed by atoms with Crippen LogP contribution in [0.2, 0.25) is 0 Å². The van der Waals surface area contributed by atoms with Gasteiger partial charge in [0.25, 0.3) is 5.91 Å². The number of rotatable bonds is 7. The number of carbonyl (C=O) groups is 1. The number of carbonyl (C=O) groups excluding carboxylic acids is 1. The largest absolute Gasteiger partial charge is 0.382 e. The van der Waals surface area contributed by atoms with Gasteiger partial charge in [0.05, 0.1) is 17.6 Å². The van der Waals surface area contributed by atoms with E-state index in [1.165, 1.54) is 14.2 Å². The van der Waals surface area contributed by atoms with Gasteiger partial charge in [-0.25, -0.2) is 17.9 Å². The Morgan fingerprint density at radius 3 is 2.57 bits per heavy atom. The van der Waals surface area contributed by atoms with Crippen LogP contribution in [0.3, 0.4) is 0 Å². The molecule has 0 saturated heterocycles. The van der Waals surface area contributed by atoms with Crippen molar-refractivity contribution in [3.05, 3.63) is 29.6 Å². The number of benzene rings is 1. The monoisotopic (exact) mass is 320 g/mol. The molecule has 1 aromatic rings. The van der Waals surface area contributed by atoms with E-state index >= 15 is 0 Å². The van der Waals surface area contributed by atoms with E-state index in [2.05, 4.69) is 5.32 Å². The van der Waals surface area contributed by atoms with E-state index in [4.69, 9.17) is 14.6 Å². The van der Waals surface area contributed by atoms with Gasteiger partial charge >= 0.3 is 0 Å². The van der Waals surface area contributed by atoms with Gasteiger partial charge in [-0.1, -0.05) is 0 Å². The lowest BCUT2D eigenvalue weighted by molar-refractivity contribution is 0.0285. The molecule has 0 heterocycles. The number of halogens is 1. The first-order valence-corrected chi connectivity index (χ1v) is 7.46. The highest BCUT2D eigenvalue weighted by molar-refractivity contribution is 7.89. The first kappa shape index (κ1) is 17.5. The molecule has 0 aliphatic rings. The van der Waals surface area contributed by atoms with Gasteiger partial charge in [0.15, 0.2) is 0 Å². The second kappa shape index (κ2) is 7.46. The second-order valence-electron chi connectivity index (χ2n) is 4.24. The van der Waals surface area contributed by atoms with Crippen molar-refractivity contribution < 1.29 is 27.1 Å². The Balaban J connectivity index is 2.86. The SMILES string of the molecule is COCC(CNC(=O)c1cc(F)cc(S(N)(=O)=O)c1)OC. The summed E-state index contributed by atoms with van der Waals surface area (Å²) in [7, 11) is -1.15. The molecule has 9 heteroatoms. The molecular formula is C12H17FN2O5S. The maximum Gasteiger partial charge on any atom is 0.251 e. The van der Waals surface area contributed by atoms with Crippen LogP contribution in [-0.2, 0) is 19.5 Å². The highest BCUT2D eigenvalue weighted by Crippen LogP contribution is 2.13. The predicted octanol–water partition coefficient (Wildman–Crippen LogP) is -0.136. The molecule has 1 unspecified atom stereocenters. The van der Waals surface area contributed by atoms with Crippen molar-refractivity contribution in [3.63, 3.8) is 0 Å². The molecule has 21 heavy (non-hydrogen) atoms. The summed E-state index contributed by atoms with van der Waals surface area (Å²) < 4.78 is 45.7. The molecule has 0 saturated carbocycles. The fourth-order valence-corrected chi connectivity index (χ4v) is 2.13. The van der Waals surface area contributed by atoms with Crippen molar-refractivity contribution in [1.82, 2.24) is 5.32 Å². The van der Waals surface area contributed by atoms with E-state index < -0.39 is 26.6 Å². The number of nitrogens with one attached hydrogen (secondary N) is 1. The van der Waals surface area contributed by atoms with E-state index in [0.29, 0.717) is 0 Å². The van der Waals surface area contributed by atoms with Crippen LogP contribution in [0.25, 0.3) is 0 Å². The second-order valence-corrected chi connectivity index (χ2v) is 5.81. The van der Waals surface area contributed by atoms with Gasteiger partial charge in [-0.15, -0.1) is 0 Å². The Morgan fingerprint density at radius 2 is 2.05 bits per heavy atom. The molecule has 0 spiro atoms. The molecule has 0 radical (unpaired) electrons. The zero-order valence-electron chi connectivity index (χ0n) is 11.6. The van der Waals surface area contributed by atoms with Crippen molar-refractivity contribution in [1.29, 1.82) is 0 Å². The lowest BCUT2D eigenvalue weighted by atomic mass is 10.2. The normalized spacial score (nSPS) is 13.0. The van der Waals surface area contributed by atoms with E-state index in [1.807, 2.05) is 0 Å². The summed E-state index contributed by atoms with van der Waals surface area (Å²) in [5.41, 5.74) is -0.147. The molecule has 0 aliphatic carbocycles. The standard InChI is InChI=1S/C12H17FN2O5S/c1-19-7-10(20-2)6-15-12(16)8-3-9(13)5-11(4-8)21(14,17)18/h3-5,10H,6-7H2,1-2H3,(H,15,16)(H2,14,17,18). The Bertz CT molecular complexity index is 606. The van der Waals surface area contributed by atoms with E-state index in [0.717, 1.165) is 18.2 Å². The van der Waals surface area contributed by atoms with Crippen molar-refractivity contribution in [3.8, 4) is 0 Å². The lowest BCUT2D eigenvalue weighted by Gasteiger charge is -2.15. The van der Waals surface area contributed by atoms with Gasteiger partial charge in [0.1, 0.15) is 5.82 Å². The summed E-state index contributed by atoms with van der Waals surface area (Å²) >= 11 is 0. The van der Waals surface area contributed by atoms with Gasteiger partial charge in [-0.05, 0) is 18.2 Å². The van der Waals surface area contributed by atoms with Crippen LogP contribution in [-0.4, -0.2) is 47.8 Å². The first-order chi connectivity index (χ1) is 9.77. The van der Waals surface area contributed by atoms with E-state index in [9.17, 15) is 17.6 Å².